The standard InChI is InChI=1S/C19H22N2O6S/c1-12-10-14(19(23)27-5)6-8-15(12)20-18(22)13-7-9-16(26-4)17(11-13)28(24,25)21(2)3/h6-11H,1-5H3,(H,20,22). The van der Waals surface area contributed by atoms with Crippen molar-refractivity contribution in [1.29, 1.82) is 0 Å². The summed E-state index contributed by atoms with van der Waals surface area (Å²) in [6.45, 7) is 1.73. The Hall–Kier alpha value is -2.91. The van der Waals surface area contributed by atoms with Crippen molar-refractivity contribution in [2.75, 3.05) is 33.6 Å². The Labute approximate surface area is 164 Å². The lowest BCUT2D eigenvalue weighted by atomic mass is 10.1. The van der Waals surface area contributed by atoms with E-state index in [-0.39, 0.29) is 16.2 Å². The van der Waals surface area contributed by atoms with Crippen LogP contribution in [0, 0.1) is 6.92 Å². The zero-order chi connectivity index (χ0) is 21.1. The van der Waals surface area contributed by atoms with Crippen molar-refractivity contribution in [2.45, 2.75) is 11.8 Å². The van der Waals surface area contributed by atoms with Crippen molar-refractivity contribution in [3.63, 3.8) is 0 Å². The van der Waals surface area contributed by atoms with Crippen LogP contribution in [0.25, 0.3) is 0 Å². The first-order valence-corrected chi connectivity index (χ1v) is 9.66. The van der Waals surface area contributed by atoms with E-state index in [1.54, 1.807) is 19.1 Å². The van der Waals surface area contributed by atoms with E-state index in [0.717, 1.165) is 4.31 Å². The Bertz CT molecular complexity index is 1020. The molecule has 0 unspecified atom stereocenters. The smallest absolute Gasteiger partial charge is 0.337 e. The Morgan fingerprint density at radius 3 is 2.18 bits per heavy atom. The van der Waals surface area contributed by atoms with Gasteiger partial charge in [0.05, 0.1) is 19.8 Å². The fraction of sp³-hybridized carbons (Fsp3) is 0.263. The van der Waals surface area contributed by atoms with E-state index in [1.807, 2.05) is 0 Å². The number of esters is 1. The Morgan fingerprint density at radius 1 is 1.00 bits per heavy atom. The Kier molecular flexibility index (Phi) is 6.42. The van der Waals surface area contributed by atoms with E-state index >= 15 is 0 Å². The number of ether oxygens (including phenoxy) is 2. The molecule has 0 aromatic heterocycles. The monoisotopic (exact) mass is 406 g/mol. The van der Waals surface area contributed by atoms with Crippen LogP contribution in [-0.4, -0.2) is 52.9 Å². The van der Waals surface area contributed by atoms with Gasteiger partial charge in [0.1, 0.15) is 10.6 Å². The van der Waals surface area contributed by atoms with E-state index in [0.29, 0.717) is 16.8 Å². The van der Waals surface area contributed by atoms with Gasteiger partial charge in [0.25, 0.3) is 5.91 Å². The molecule has 28 heavy (non-hydrogen) atoms. The maximum atomic E-state index is 12.6. The average Bonchev–Trinajstić information content (AvgIpc) is 2.67. The first kappa shape index (κ1) is 21.4. The summed E-state index contributed by atoms with van der Waals surface area (Å²) in [6, 6.07) is 8.88. The molecular weight excluding hydrogens is 384 g/mol. The van der Waals surface area contributed by atoms with Gasteiger partial charge in [-0.3, -0.25) is 4.79 Å². The average molecular weight is 406 g/mol. The first-order valence-electron chi connectivity index (χ1n) is 8.22. The third kappa shape index (κ3) is 4.32. The number of aryl methyl sites for hydroxylation is 1. The fourth-order valence-corrected chi connectivity index (χ4v) is 3.53. The zero-order valence-corrected chi connectivity index (χ0v) is 17.1. The van der Waals surface area contributed by atoms with E-state index in [4.69, 9.17) is 4.74 Å². The van der Waals surface area contributed by atoms with Crippen LogP contribution in [0.1, 0.15) is 26.3 Å². The Balaban J connectivity index is 2.37. The summed E-state index contributed by atoms with van der Waals surface area (Å²) in [6.07, 6.45) is 0. The van der Waals surface area contributed by atoms with Gasteiger partial charge in [0.15, 0.2) is 0 Å². The largest absolute Gasteiger partial charge is 0.495 e. The number of benzene rings is 2. The molecule has 8 nitrogen and oxygen atoms in total. The highest BCUT2D eigenvalue weighted by Crippen LogP contribution is 2.27. The first-order chi connectivity index (χ1) is 13.1. The molecular formula is C19H22N2O6S. The highest BCUT2D eigenvalue weighted by molar-refractivity contribution is 7.89. The van der Waals surface area contributed by atoms with Crippen LogP contribution in [0.3, 0.4) is 0 Å². The predicted octanol–water partition coefficient (Wildman–Crippen LogP) is 2.29. The van der Waals surface area contributed by atoms with Crippen LogP contribution in [0.2, 0.25) is 0 Å². The van der Waals surface area contributed by atoms with Crippen LogP contribution in [-0.2, 0) is 14.8 Å². The molecule has 0 aliphatic heterocycles. The van der Waals surface area contributed by atoms with Gasteiger partial charge in [-0.2, -0.15) is 0 Å². The molecule has 2 aromatic rings. The van der Waals surface area contributed by atoms with Crippen molar-refractivity contribution in [3.05, 3.63) is 53.1 Å². The van der Waals surface area contributed by atoms with E-state index < -0.39 is 21.9 Å². The maximum Gasteiger partial charge on any atom is 0.337 e. The van der Waals surface area contributed by atoms with Crippen molar-refractivity contribution in [3.8, 4) is 5.75 Å². The number of rotatable bonds is 6. The highest BCUT2D eigenvalue weighted by Gasteiger charge is 2.24. The normalized spacial score (nSPS) is 11.2. The second kappa shape index (κ2) is 8.41. The van der Waals surface area contributed by atoms with Gasteiger partial charge >= 0.3 is 5.97 Å². The van der Waals surface area contributed by atoms with Crippen molar-refractivity contribution in [2.24, 2.45) is 0 Å². The zero-order valence-electron chi connectivity index (χ0n) is 16.3. The Morgan fingerprint density at radius 2 is 1.64 bits per heavy atom. The third-order valence-corrected chi connectivity index (χ3v) is 5.92. The minimum atomic E-state index is -3.80. The van der Waals surface area contributed by atoms with Gasteiger partial charge < -0.3 is 14.8 Å². The van der Waals surface area contributed by atoms with Gasteiger partial charge in [-0.25, -0.2) is 17.5 Å². The molecule has 0 saturated carbocycles. The fourth-order valence-electron chi connectivity index (χ4n) is 2.46. The molecule has 0 heterocycles. The summed E-state index contributed by atoms with van der Waals surface area (Å²) in [5.41, 5.74) is 1.66. The number of amides is 1. The SMILES string of the molecule is COC(=O)c1ccc(NC(=O)c2ccc(OC)c(S(=O)(=O)N(C)C)c2)c(C)c1. The van der Waals surface area contributed by atoms with Gasteiger partial charge in [-0.05, 0) is 48.9 Å². The molecule has 0 spiro atoms. The van der Waals surface area contributed by atoms with Crippen LogP contribution in [0.4, 0.5) is 5.69 Å². The quantitative estimate of drug-likeness (QED) is 0.739. The number of methoxy groups -OCH3 is 2. The lowest BCUT2D eigenvalue weighted by molar-refractivity contribution is 0.0600. The minimum Gasteiger partial charge on any atom is -0.495 e. The molecule has 150 valence electrons. The summed E-state index contributed by atoms with van der Waals surface area (Å²) < 4.78 is 35.8. The van der Waals surface area contributed by atoms with Gasteiger partial charge in [-0.1, -0.05) is 0 Å². The van der Waals surface area contributed by atoms with Crippen molar-refractivity contribution < 1.29 is 27.5 Å². The number of nitrogens with zero attached hydrogens (tertiary/aromatic N) is 1. The summed E-state index contributed by atoms with van der Waals surface area (Å²) >= 11 is 0. The lowest BCUT2D eigenvalue weighted by Crippen LogP contribution is -2.23. The maximum absolute atomic E-state index is 12.6. The number of hydrogen-bond acceptors (Lipinski definition) is 6. The molecule has 2 aromatic carbocycles. The second-order valence-electron chi connectivity index (χ2n) is 6.13. The molecule has 0 aliphatic rings. The molecule has 2 rings (SSSR count). The van der Waals surface area contributed by atoms with Gasteiger partial charge in [0, 0.05) is 25.3 Å². The van der Waals surface area contributed by atoms with Crippen LogP contribution >= 0.6 is 0 Å². The van der Waals surface area contributed by atoms with Gasteiger partial charge in [-0.15, -0.1) is 0 Å². The van der Waals surface area contributed by atoms with E-state index in [9.17, 15) is 18.0 Å². The molecule has 0 saturated heterocycles. The highest BCUT2D eigenvalue weighted by atomic mass is 32.2. The van der Waals surface area contributed by atoms with Crippen molar-refractivity contribution >= 4 is 27.6 Å². The van der Waals surface area contributed by atoms with Gasteiger partial charge in [0.2, 0.25) is 10.0 Å². The lowest BCUT2D eigenvalue weighted by Gasteiger charge is -2.16. The van der Waals surface area contributed by atoms with Crippen LogP contribution in [0.15, 0.2) is 41.3 Å². The van der Waals surface area contributed by atoms with E-state index in [2.05, 4.69) is 10.1 Å². The topological polar surface area (TPSA) is 102 Å². The molecule has 0 fully saturated rings. The summed E-state index contributed by atoms with van der Waals surface area (Å²) in [5.74, 6) is -0.828. The second-order valence-corrected chi connectivity index (χ2v) is 8.25. The number of carbonyl (C=O) groups is 2. The number of nitrogens with one attached hydrogen (secondary N) is 1. The van der Waals surface area contributed by atoms with Crippen LogP contribution in [0.5, 0.6) is 5.75 Å². The van der Waals surface area contributed by atoms with Crippen molar-refractivity contribution in [1.82, 2.24) is 4.31 Å². The summed E-state index contributed by atoms with van der Waals surface area (Å²) in [4.78, 5) is 24.1. The molecule has 1 N–H and O–H groups in total. The molecule has 0 atom stereocenters. The number of carbonyl (C=O) groups excluding carboxylic acids is 2. The molecule has 9 heteroatoms. The number of hydrogen-bond donors (Lipinski definition) is 1. The predicted molar refractivity (Wildman–Crippen MR) is 104 cm³/mol. The molecule has 0 radical (unpaired) electrons. The number of sulfonamides is 1. The minimum absolute atomic E-state index is 0.106. The number of anilines is 1. The third-order valence-electron chi connectivity index (χ3n) is 4.08. The van der Waals surface area contributed by atoms with E-state index in [1.165, 1.54) is 52.6 Å². The van der Waals surface area contributed by atoms with Crippen LogP contribution < -0.4 is 10.1 Å². The summed E-state index contributed by atoms with van der Waals surface area (Å²) in [5, 5.41) is 2.72. The molecule has 0 bridgehead atoms. The molecule has 0 aliphatic carbocycles. The molecule has 1 amide bonds. The summed E-state index contributed by atoms with van der Waals surface area (Å²) in [7, 11) is 1.64.